The highest BCUT2D eigenvalue weighted by atomic mass is 16.5. The number of rotatable bonds is 8. The number of likely N-dealkylation sites (tertiary alicyclic amines) is 1. The van der Waals surface area contributed by atoms with Crippen molar-refractivity contribution in [2.45, 2.75) is 58.9 Å². The Hall–Kier alpha value is -2.04. The summed E-state index contributed by atoms with van der Waals surface area (Å²) < 4.78 is 5.65. The zero-order valence-corrected chi connectivity index (χ0v) is 16.3. The molecule has 0 spiro atoms. The Balaban J connectivity index is 1.58. The van der Waals surface area contributed by atoms with Gasteiger partial charge in [0.05, 0.1) is 6.61 Å². The van der Waals surface area contributed by atoms with Crippen LogP contribution in [0.1, 0.15) is 51.5 Å². The van der Waals surface area contributed by atoms with Crippen molar-refractivity contribution in [2.75, 3.05) is 19.7 Å². The molecular weight excluding hydrogens is 328 g/mol. The molecule has 0 aromatic heterocycles. The fraction of sp³-hybridized carbons (Fsp3) is 0.619. The third-order valence-corrected chi connectivity index (χ3v) is 4.63. The molecule has 2 rings (SSSR count). The second-order valence-corrected chi connectivity index (χ2v) is 7.59. The molecule has 2 amide bonds. The first-order valence-corrected chi connectivity index (χ1v) is 9.70. The zero-order chi connectivity index (χ0) is 18.9. The van der Waals surface area contributed by atoms with Crippen molar-refractivity contribution in [2.24, 2.45) is 5.92 Å². The summed E-state index contributed by atoms with van der Waals surface area (Å²) in [5, 5.41) is 3.09. The maximum Gasteiger partial charge on any atom is 0.222 e. The van der Waals surface area contributed by atoms with E-state index in [0.29, 0.717) is 31.8 Å². The van der Waals surface area contributed by atoms with E-state index in [1.807, 2.05) is 36.1 Å². The van der Waals surface area contributed by atoms with Gasteiger partial charge in [-0.3, -0.25) is 9.59 Å². The molecule has 0 unspecified atom stereocenters. The summed E-state index contributed by atoms with van der Waals surface area (Å²) in [5.74, 6) is 1.54. The number of carbonyl (C=O) groups excluding carboxylic acids is 2. The standard InChI is InChI=1S/C21H32N2O3/c1-16(2)15-21(25)23-12-10-18(11-13-23)22-20(24)5-4-14-26-19-8-6-17(3)7-9-19/h6-9,16,18H,4-5,10-15H2,1-3H3,(H,22,24). The number of aryl methyl sites for hydroxylation is 1. The van der Waals surface area contributed by atoms with E-state index in [2.05, 4.69) is 19.2 Å². The molecule has 26 heavy (non-hydrogen) atoms. The summed E-state index contributed by atoms with van der Waals surface area (Å²) in [6, 6.07) is 8.11. The Kier molecular flexibility index (Phi) is 7.95. The van der Waals surface area contributed by atoms with Crippen LogP contribution in [-0.4, -0.2) is 42.5 Å². The molecule has 144 valence electrons. The van der Waals surface area contributed by atoms with Crippen LogP contribution in [0.2, 0.25) is 0 Å². The van der Waals surface area contributed by atoms with Gasteiger partial charge in [-0.05, 0) is 44.2 Å². The predicted molar refractivity (Wildman–Crippen MR) is 103 cm³/mol. The summed E-state index contributed by atoms with van der Waals surface area (Å²) >= 11 is 0. The molecule has 0 bridgehead atoms. The van der Waals surface area contributed by atoms with E-state index in [0.717, 1.165) is 31.7 Å². The first-order chi connectivity index (χ1) is 12.4. The molecule has 0 radical (unpaired) electrons. The third kappa shape index (κ3) is 7.06. The van der Waals surface area contributed by atoms with Crippen LogP contribution in [-0.2, 0) is 9.59 Å². The van der Waals surface area contributed by atoms with Crippen molar-refractivity contribution in [1.82, 2.24) is 10.2 Å². The zero-order valence-electron chi connectivity index (χ0n) is 16.3. The van der Waals surface area contributed by atoms with Crippen molar-refractivity contribution in [3.05, 3.63) is 29.8 Å². The van der Waals surface area contributed by atoms with Gasteiger partial charge in [0.15, 0.2) is 0 Å². The molecule has 1 aliphatic heterocycles. The van der Waals surface area contributed by atoms with Gasteiger partial charge >= 0.3 is 0 Å². The minimum Gasteiger partial charge on any atom is -0.494 e. The van der Waals surface area contributed by atoms with Crippen LogP contribution in [0.4, 0.5) is 0 Å². The normalized spacial score (nSPS) is 15.2. The second kappa shape index (κ2) is 10.2. The van der Waals surface area contributed by atoms with Crippen LogP contribution in [0.15, 0.2) is 24.3 Å². The number of ether oxygens (including phenoxy) is 1. The van der Waals surface area contributed by atoms with Crippen molar-refractivity contribution in [1.29, 1.82) is 0 Å². The predicted octanol–water partition coefficient (Wildman–Crippen LogP) is 3.31. The Morgan fingerprint density at radius 2 is 1.85 bits per heavy atom. The van der Waals surface area contributed by atoms with E-state index in [1.165, 1.54) is 5.56 Å². The fourth-order valence-electron chi connectivity index (χ4n) is 3.11. The van der Waals surface area contributed by atoms with Gasteiger partial charge in [-0.25, -0.2) is 0 Å². The molecule has 1 saturated heterocycles. The van der Waals surface area contributed by atoms with Crippen molar-refractivity contribution in [3.8, 4) is 5.75 Å². The molecular formula is C21H32N2O3. The monoisotopic (exact) mass is 360 g/mol. The van der Waals surface area contributed by atoms with Gasteiger partial charge in [0, 0.05) is 32.0 Å². The lowest BCUT2D eigenvalue weighted by atomic mass is 10.0. The van der Waals surface area contributed by atoms with Crippen molar-refractivity contribution < 1.29 is 14.3 Å². The fourth-order valence-corrected chi connectivity index (χ4v) is 3.11. The van der Waals surface area contributed by atoms with Crippen LogP contribution in [0.25, 0.3) is 0 Å². The van der Waals surface area contributed by atoms with Crippen LogP contribution in [0.3, 0.4) is 0 Å². The number of hydrogen-bond donors (Lipinski definition) is 1. The lowest BCUT2D eigenvalue weighted by Crippen LogP contribution is -2.46. The summed E-state index contributed by atoms with van der Waals surface area (Å²) in [5.41, 5.74) is 1.20. The molecule has 1 aromatic rings. The van der Waals surface area contributed by atoms with E-state index >= 15 is 0 Å². The molecule has 5 heteroatoms. The summed E-state index contributed by atoms with van der Waals surface area (Å²) in [4.78, 5) is 26.1. The molecule has 0 atom stereocenters. The smallest absolute Gasteiger partial charge is 0.222 e. The summed E-state index contributed by atoms with van der Waals surface area (Å²) in [6.45, 7) is 8.19. The number of amides is 2. The van der Waals surface area contributed by atoms with E-state index in [9.17, 15) is 9.59 Å². The van der Waals surface area contributed by atoms with Crippen molar-refractivity contribution in [3.63, 3.8) is 0 Å². The highest BCUT2D eigenvalue weighted by molar-refractivity contribution is 5.77. The molecule has 0 saturated carbocycles. The van der Waals surface area contributed by atoms with Gasteiger partial charge in [-0.2, -0.15) is 0 Å². The first kappa shape index (κ1) is 20.3. The highest BCUT2D eigenvalue weighted by Gasteiger charge is 2.23. The molecule has 5 nitrogen and oxygen atoms in total. The van der Waals surface area contributed by atoms with E-state index in [1.54, 1.807) is 0 Å². The number of benzene rings is 1. The molecule has 1 fully saturated rings. The minimum atomic E-state index is 0.0736. The van der Waals surface area contributed by atoms with Gasteiger partial charge < -0.3 is 15.0 Å². The van der Waals surface area contributed by atoms with Gasteiger partial charge in [0.1, 0.15) is 5.75 Å². The Bertz CT molecular complexity index is 575. The number of nitrogens with zero attached hydrogens (tertiary/aromatic N) is 1. The molecule has 1 aliphatic rings. The second-order valence-electron chi connectivity index (χ2n) is 7.59. The van der Waals surface area contributed by atoms with Crippen LogP contribution in [0.5, 0.6) is 5.75 Å². The summed E-state index contributed by atoms with van der Waals surface area (Å²) in [6.07, 6.45) is 3.46. The topological polar surface area (TPSA) is 58.6 Å². The lowest BCUT2D eigenvalue weighted by Gasteiger charge is -2.32. The van der Waals surface area contributed by atoms with Crippen LogP contribution in [0, 0.1) is 12.8 Å². The Labute approximate surface area is 157 Å². The molecule has 1 N–H and O–H groups in total. The number of nitrogens with one attached hydrogen (secondary N) is 1. The first-order valence-electron chi connectivity index (χ1n) is 9.70. The minimum absolute atomic E-state index is 0.0736. The summed E-state index contributed by atoms with van der Waals surface area (Å²) in [7, 11) is 0. The maximum atomic E-state index is 12.1. The maximum absolute atomic E-state index is 12.1. The van der Waals surface area contributed by atoms with Crippen LogP contribution >= 0.6 is 0 Å². The quantitative estimate of drug-likeness (QED) is 0.724. The van der Waals surface area contributed by atoms with Gasteiger partial charge in [-0.15, -0.1) is 0 Å². The van der Waals surface area contributed by atoms with E-state index in [-0.39, 0.29) is 17.9 Å². The highest BCUT2D eigenvalue weighted by Crippen LogP contribution is 2.14. The van der Waals surface area contributed by atoms with Gasteiger partial charge in [0.2, 0.25) is 11.8 Å². The Morgan fingerprint density at radius 3 is 2.46 bits per heavy atom. The number of carbonyl (C=O) groups is 2. The van der Waals surface area contributed by atoms with E-state index < -0.39 is 0 Å². The lowest BCUT2D eigenvalue weighted by molar-refractivity contribution is -0.133. The number of piperidine rings is 1. The Morgan fingerprint density at radius 1 is 1.19 bits per heavy atom. The van der Waals surface area contributed by atoms with E-state index in [4.69, 9.17) is 4.74 Å². The van der Waals surface area contributed by atoms with Gasteiger partial charge in [0.25, 0.3) is 0 Å². The van der Waals surface area contributed by atoms with Crippen LogP contribution < -0.4 is 10.1 Å². The number of hydrogen-bond acceptors (Lipinski definition) is 3. The van der Waals surface area contributed by atoms with Crippen molar-refractivity contribution >= 4 is 11.8 Å². The largest absolute Gasteiger partial charge is 0.494 e. The average molecular weight is 360 g/mol. The van der Waals surface area contributed by atoms with Gasteiger partial charge in [-0.1, -0.05) is 31.5 Å². The molecule has 1 aromatic carbocycles. The SMILES string of the molecule is Cc1ccc(OCCCC(=O)NC2CCN(C(=O)CC(C)C)CC2)cc1. The molecule has 0 aliphatic carbocycles. The average Bonchev–Trinajstić information content (AvgIpc) is 2.60. The molecule has 1 heterocycles. The third-order valence-electron chi connectivity index (χ3n) is 4.63.